The molecule has 34 heavy (non-hydrogen) atoms. The minimum absolute atomic E-state index is 0.0323. The lowest BCUT2D eigenvalue weighted by molar-refractivity contribution is -0.126. The molecule has 1 amide bonds. The van der Waals surface area contributed by atoms with Crippen LogP contribution in [0.15, 0.2) is 60.7 Å². The van der Waals surface area contributed by atoms with Crippen molar-refractivity contribution in [2.75, 3.05) is 27.4 Å². The maximum atomic E-state index is 12.8. The molecule has 4 nitrogen and oxygen atoms in total. The van der Waals surface area contributed by atoms with Gasteiger partial charge in [0.05, 0.1) is 0 Å². The molecule has 0 heterocycles. The van der Waals surface area contributed by atoms with Gasteiger partial charge >= 0.3 is 0 Å². The highest BCUT2D eigenvalue weighted by molar-refractivity contribution is 5.92. The van der Waals surface area contributed by atoms with Crippen LogP contribution in [0.3, 0.4) is 0 Å². The molecule has 2 aromatic rings. The Bertz CT molecular complexity index is 639. The zero-order chi connectivity index (χ0) is 26.2. The summed E-state index contributed by atoms with van der Waals surface area (Å²) < 4.78 is 4.81. The molecule has 0 spiro atoms. The highest BCUT2D eigenvalue weighted by Crippen LogP contribution is 2.39. The van der Waals surface area contributed by atoms with Crippen molar-refractivity contribution >= 4 is 5.91 Å². The molecule has 0 radical (unpaired) electrons. The molecule has 0 aliphatic carbocycles. The van der Waals surface area contributed by atoms with Crippen LogP contribution in [0.2, 0.25) is 0 Å². The number of hydrogen-bond donors (Lipinski definition) is 2. The van der Waals surface area contributed by atoms with E-state index in [4.69, 9.17) is 9.84 Å². The van der Waals surface area contributed by atoms with E-state index < -0.39 is 5.41 Å². The van der Waals surface area contributed by atoms with E-state index in [0.717, 1.165) is 37.0 Å². The number of nitrogens with one attached hydrogen (secondary N) is 1. The van der Waals surface area contributed by atoms with Crippen molar-refractivity contribution in [3.8, 4) is 0 Å². The number of benzene rings is 2. The normalized spacial score (nSPS) is 10.1. The van der Waals surface area contributed by atoms with Crippen molar-refractivity contribution < 1.29 is 14.6 Å². The molecule has 0 aliphatic rings. The van der Waals surface area contributed by atoms with Gasteiger partial charge in [-0.2, -0.15) is 0 Å². The van der Waals surface area contributed by atoms with E-state index in [9.17, 15) is 4.79 Å². The molecule has 0 saturated carbocycles. The molecule has 4 heteroatoms. The summed E-state index contributed by atoms with van der Waals surface area (Å²) in [5.74, 6) is 0.178. The van der Waals surface area contributed by atoms with Crippen LogP contribution < -0.4 is 5.32 Å². The van der Waals surface area contributed by atoms with Gasteiger partial charge in [-0.25, -0.2) is 0 Å². The van der Waals surface area contributed by atoms with E-state index in [2.05, 4.69) is 46.9 Å². The summed E-state index contributed by atoms with van der Waals surface area (Å²) >= 11 is 0. The number of hydrogen-bond acceptors (Lipinski definition) is 3. The quantitative estimate of drug-likeness (QED) is 0.385. The second kappa shape index (κ2) is 22.6. The third kappa shape index (κ3) is 12.3. The Hall–Kier alpha value is -2.17. The second-order valence-corrected chi connectivity index (χ2v) is 8.47. The number of rotatable bonds is 9. The van der Waals surface area contributed by atoms with Crippen LogP contribution in [0, 0.1) is 5.92 Å². The van der Waals surface area contributed by atoms with Gasteiger partial charge in [0.25, 0.3) is 0 Å². The van der Waals surface area contributed by atoms with Crippen LogP contribution in [0.25, 0.3) is 0 Å². The number of methoxy groups -OCH3 is 1. The van der Waals surface area contributed by atoms with Gasteiger partial charge in [-0.1, -0.05) is 115 Å². The zero-order valence-electron chi connectivity index (χ0n) is 23.1. The van der Waals surface area contributed by atoms with Crippen molar-refractivity contribution in [2.24, 2.45) is 5.92 Å². The summed E-state index contributed by atoms with van der Waals surface area (Å²) in [6, 6.07) is 20.0. The van der Waals surface area contributed by atoms with Crippen LogP contribution >= 0.6 is 0 Å². The second-order valence-electron chi connectivity index (χ2n) is 8.47. The van der Waals surface area contributed by atoms with Crippen LogP contribution in [0.1, 0.15) is 84.8 Å². The van der Waals surface area contributed by atoms with Crippen molar-refractivity contribution in [3.05, 3.63) is 71.8 Å². The number of aliphatic hydroxyl groups is 1. The Labute approximate surface area is 210 Å². The topological polar surface area (TPSA) is 58.6 Å². The minimum atomic E-state index is -0.655. The summed E-state index contributed by atoms with van der Waals surface area (Å²) in [5, 5.41) is 11.2. The van der Waals surface area contributed by atoms with E-state index in [1.54, 1.807) is 14.2 Å². The number of carbonyl (C=O) groups is 1. The first-order valence-electron chi connectivity index (χ1n) is 12.8. The van der Waals surface area contributed by atoms with Crippen LogP contribution in [0.4, 0.5) is 0 Å². The number of carbonyl (C=O) groups excluding carboxylic acids is 1. The van der Waals surface area contributed by atoms with Crippen molar-refractivity contribution in [3.63, 3.8) is 0 Å². The third-order valence-electron chi connectivity index (χ3n) is 4.92. The third-order valence-corrected chi connectivity index (χ3v) is 4.92. The predicted molar refractivity (Wildman–Crippen MR) is 147 cm³/mol. The van der Waals surface area contributed by atoms with Gasteiger partial charge < -0.3 is 15.2 Å². The van der Waals surface area contributed by atoms with Gasteiger partial charge in [-0.05, 0) is 36.3 Å². The molecule has 2 aromatic carbocycles. The van der Waals surface area contributed by atoms with E-state index in [0.29, 0.717) is 6.61 Å². The van der Waals surface area contributed by atoms with Gasteiger partial charge in [0, 0.05) is 27.4 Å². The Morgan fingerprint density at radius 1 is 0.853 bits per heavy atom. The number of aliphatic hydroxyl groups excluding tert-OH is 1. The summed E-state index contributed by atoms with van der Waals surface area (Å²) in [4.78, 5) is 12.8. The summed E-state index contributed by atoms with van der Waals surface area (Å²) in [5.41, 5.74) is 1.40. The first-order chi connectivity index (χ1) is 16.4. The molecule has 0 atom stereocenters. The maximum absolute atomic E-state index is 12.8. The lowest BCUT2D eigenvalue weighted by atomic mass is 9.66. The van der Waals surface area contributed by atoms with Crippen molar-refractivity contribution in [1.82, 2.24) is 5.32 Å². The number of unbranched alkanes of at least 4 members (excludes halogenated alkanes) is 2. The summed E-state index contributed by atoms with van der Waals surface area (Å²) in [7, 11) is 3.39. The lowest BCUT2D eigenvalue weighted by Gasteiger charge is -2.37. The summed E-state index contributed by atoms with van der Waals surface area (Å²) in [6.45, 7) is 13.8. The van der Waals surface area contributed by atoms with Crippen LogP contribution in [-0.4, -0.2) is 38.4 Å². The lowest BCUT2D eigenvalue weighted by Crippen LogP contribution is -2.47. The van der Waals surface area contributed by atoms with Gasteiger partial charge in [0.15, 0.2) is 0 Å². The molecule has 0 fully saturated rings. The average Bonchev–Trinajstić information content (AvgIpc) is 2.85. The van der Waals surface area contributed by atoms with E-state index in [1.807, 2.05) is 60.7 Å². The first-order valence-corrected chi connectivity index (χ1v) is 12.8. The Morgan fingerprint density at radius 3 is 1.56 bits per heavy atom. The smallest absolute Gasteiger partial charge is 0.235 e. The SMILES string of the molecule is CCC.CCC.CNC(=O)C(c1ccccc1)(c1ccccc1)C(C)C.COCCCCCO. The monoisotopic (exact) mass is 473 g/mol. The molecular weight excluding hydrogens is 422 g/mol. The molecule has 0 aromatic heterocycles. The van der Waals surface area contributed by atoms with E-state index in [-0.39, 0.29) is 11.8 Å². The molecule has 2 rings (SSSR count). The molecular formula is C30H51NO3. The number of ether oxygens (including phenoxy) is 1. The molecule has 0 aliphatic heterocycles. The Kier molecular flexibility index (Phi) is 22.6. The molecule has 0 saturated heterocycles. The van der Waals surface area contributed by atoms with Gasteiger partial charge in [0.1, 0.15) is 5.41 Å². The number of likely N-dealkylation sites (N-methyl/N-ethyl adjacent to an activating group) is 1. The predicted octanol–water partition coefficient (Wildman–Crippen LogP) is 7.00. The van der Waals surface area contributed by atoms with Crippen molar-refractivity contribution in [2.45, 2.75) is 79.1 Å². The fraction of sp³-hybridized carbons (Fsp3) is 0.567. The van der Waals surface area contributed by atoms with Gasteiger partial charge in [0.2, 0.25) is 5.91 Å². The van der Waals surface area contributed by atoms with Crippen LogP contribution in [-0.2, 0) is 14.9 Å². The molecule has 2 N–H and O–H groups in total. The largest absolute Gasteiger partial charge is 0.396 e. The maximum Gasteiger partial charge on any atom is 0.235 e. The first kappa shape index (κ1) is 34.0. The van der Waals surface area contributed by atoms with E-state index >= 15 is 0 Å². The summed E-state index contributed by atoms with van der Waals surface area (Å²) in [6.07, 6.45) is 5.55. The van der Waals surface area contributed by atoms with E-state index in [1.165, 1.54) is 12.8 Å². The minimum Gasteiger partial charge on any atom is -0.396 e. The highest BCUT2D eigenvalue weighted by Gasteiger charge is 2.44. The van der Waals surface area contributed by atoms with Crippen LogP contribution in [0.5, 0.6) is 0 Å². The fourth-order valence-corrected chi connectivity index (χ4v) is 3.49. The standard InChI is InChI=1S/C18H21NO.C6H14O2.2C3H8/c1-14(2)18(17(20)19-3,15-10-6-4-7-11-15)16-12-8-5-9-13-16;1-8-6-4-2-3-5-7;2*1-3-2/h4-14H,1-3H3,(H,19,20);7H,2-6H2,1H3;2*3H2,1-2H3. The average molecular weight is 474 g/mol. The number of amides is 1. The molecule has 0 bridgehead atoms. The highest BCUT2D eigenvalue weighted by atomic mass is 16.5. The zero-order valence-corrected chi connectivity index (χ0v) is 23.1. The van der Waals surface area contributed by atoms with Crippen molar-refractivity contribution in [1.29, 1.82) is 0 Å². The fourth-order valence-electron chi connectivity index (χ4n) is 3.49. The molecule has 0 unspecified atom stereocenters. The Balaban J connectivity index is 0. The Morgan fingerprint density at radius 2 is 1.26 bits per heavy atom. The van der Waals surface area contributed by atoms with Gasteiger partial charge in [-0.15, -0.1) is 0 Å². The molecule has 194 valence electrons. The van der Waals surface area contributed by atoms with Gasteiger partial charge in [-0.3, -0.25) is 4.79 Å².